The summed E-state index contributed by atoms with van der Waals surface area (Å²) in [7, 11) is 2.95. The summed E-state index contributed by atoms with van der Waals surface area (Å²) in [5.41, 5.74) is 1.34. The number of carbonyl (C=O) groups excluding carboxylic acids is 3. The predicted octanol–water partition coefficient (Wildman–Crippen LogP) is 4.83. The molecular formula is C28H29BrFN3O6. The molecule has 0 saturated heterocycles. The second-order valence-corrected chi connectivity index (χ2v) is 11.1. The number of esters is 1. The molecule has 0 spiro atoms. The lowest BCUT2D eigenvalue weighted by Crippen LogP contribution is -2.30. The summed E-state index contributed by atoms with van der Waals surface area (Å²) in [6.07, 6.45) is 3.11. The van der Waals surface area contributed by atoms with Gasteiger partial charge in [0.25, 0.3) is 0 Å². The van der Waals surface area contributed by atoms with E-state index in [-0.39, 0.29) is 24.4 Å². The minimum absolute atomic E-state index is 0.125. The fourth-order valence-corrected chi connectivity index (χ4v) is 4.92. The molecule has 1 amide bonds. The Kier molecular flexibility index (Phi) is 8.10. The van der Waals surface area contributed by atoms with E-state index in [4.69, 9.17) is 9.47 Å². The third-order valence-electron chi connectivity index (χ3n) is 6.07. The van der Waals surface area contributed by atoms with Crippen molar-refractivity contribution in [1.29, 1.82) is 0 Å². The number of ether oxygens (including phenoxy) is 3. The number of fused-ring (bicyclic) bond motifs is 1. The van der Waals surface area contributed by atoms with Crippen LogP contribution in [0.2, 0.25) is 0 Å². The molecule has 11 heteroatoms. The molecule has 1 atom stereocenters. The van der Waals surface area contributed by atoms with Gasteiger partial charge in [0, 0.05) is 19.4 Å². The van der Waals surface area contributed by atoms with Crippen LogP contribution in [-0.4, -0.2) is 46.3 Å². The lowest BCUT2D eigenvalue weighted by atomic mass is 9.88. The molecule has 9 nitrogen and oxygen atoms in total. The van der Waals surface area contributed by atoms with Crippen molar-refractivity contribution in [3.63, 3.8) is 0 Å². The van der Waals surface area contributed by atoms with Gasteiger partial charge in [0.2, 0.25) is 5.62 Å². The molecule has 2 aromatic carbocycles. The van der Waals surface area contributed by atoms with Crippen LogP contribution < -0.4 is 10.4 Å². The van der Waals surface area contributed by atoms with E-state index >= 15 is 0 Å². The minimum atomic E-state index is -0.782. The number of amides is 1. The zero-order valence-electron chi connectivity index (χ0n) is 22.3. The van der Waals surface area contributed by atoms with Gasteiger partial charge in [0.15, 0.2) is 5.78 Å². The highest BCUT2D eigenvalue weighted by atomic mass is 79.9. The molecule has 0 unspecified atom stereocenters. The number of nitrogens with zero attached hydrogens (tertiary/aromatic N) is 3. The highest BCUT2D eigenvalue weighted by Gasteiger charge is 2.31. The van der Waals surface area contributed by atoms with Crippen molar-refractivity contribution in [3.05, 3.63) is 80.9 Å². The lowest BCUT2D eigenvalue weighted by molar-refractivity contribution is 0.0584. The number of carbonyl (C=O) groups is 3. The maximum Gasteiger partial charge on any atom is 0.437 e. The van der Waals surface area contributed by atoms with Crippen LogP contribution in [0.3, 0.4) is 0 Å². The van der Waals surface area contributed by atoms with E-state index in [2.05, 4.69) is 25.7 Å². The van der Waals surface area contributed by atoms with Crippen molar-refractivity contribution in [1.82, 2.24) is 9.13 Å². The number of halogens is 2. The Labute approximate surface area is 233 Å². The minimum Gasteiger partial charge on any atom is -0.491 e. The maximum atomic E-state index is 14.1. The van der Waals surface area contributed by atoms with Crippen LogP contribution in [0.15, 0.2) is 52.2 Å². The summed E-state index contributed by atoms with van der Waals surface area (Å²) in [4.78, 5) is 41.8. The molecule has 0 saturated carbocycles. The van der Waals surface area contributed by atoms with E-state index < -0.39 is 29.4 Å². The highest BCUT2D eigenvalue weighted by Crippen LogP contribution is 2.37. The average molecular weight is 602 g/mol. The monoisotopic (exact) mass is 601 g/mol. The van der Waals surface area contributed by atoms with Crippen molar-refractivity contribution in [2.24, 2.45) is 18.0 Å². The molecule has 0 fully saturated rings. The molecule has 0 N–H and O–H groups in total. The summed E-state index contributed by atoms with van der Waals surface area (Å²) < 4.78 is 34.1. The summed E-state index contributed by atoms with van der Waals surface area (Å²) in [5, 5.41) is 0. The van der Waals surface area contributed by atoms with Gasteiger partial charge < -0.3 is 23.3 Å². The van der Waals surface area contributed by atoms with E-state index in [1.165, 1.54) is 19.2 Å². The van der Waals surface area contributed by atoms with Gasteiger partial charge in [-0.25, -0.2) is 14.0 Å². The first kappa shape index (κ1) is 28.3. The van der Waals surface area contributed by atoms with Gasteiger partial charge >= 0.3 is 12.1 Å². The second kappa shape index (κ2) is 11.2. The summed E-state index contributed by atoms with van der Waals surface area (Å²) in [5.74, 6) is -1.68. The maximum absolute atomic E-state index is 14.1. The van der Waals surface area contributed by atoms with E-state index in [0.717, 1.165) is 5.56 Å². The predicted molar refractivity (Wildman–Crippen MR) is 143 cm³/mol. The Bertz CT molecular complexity index is 1520. The fraction of sp³-hybridized carbons (Fsp3) is 0.357. The van der Waals surface area contributed by atoms with Gasteiger partial charge in [-0.05, 0) is 78.5 Å². The number of Topliss-reactive ketones (excluding diaryl/α,β-unsaturated/α-hetero) is 1. The largest absolute Gasteiger partial charge is 0.491 e. The SMILES string of the molecule is COC(=O)c1cc(C[C@H]2COc3c(Br)cc(Cn4ccn(C)/c4=N\C(=O)OC(C)(C)C)cc3C2=O)ccc1F. The van der Waals surface area contributed by atoms with Gasteiger partial charge in [-0.3, -0.25) is 4.79 Å². The number of methoxy groups -OCH3 is 1. The van der Waals surface area contributed by atoms with Crippen LogP contribution in [-0.2, 0) is 29.5 Å². The fourth-order valence-electron chi connectivity index (χ4n) is 4.30. The Balaban J connectivity index is 1.60. The van der Waals surface area contributed by atoms with E-state index in [1.54, 1.807) is 61.5 Å². The molecule has 0 bridgehead atoms. The molecule has 1 aromatic heterocycles. The smallest absolute Gasteiger partial charge is 0.437 e. The lowest BCUT2D eigenvalue weighted by Gasteiger charge is -2.26. The third kappa shape index (κ3) is 6.47. The third-order valence-corrected chi connectivity index (χ3v) is 6.66. The summed E-state index contributed by atoms with van der Waals surface area (Å²) in [6.45, 7) is 5.77. The van der Waals surface area contributed by atoms with Gasteiger partial charge in [0.05, 0.1) is 41.8 Å². The molecule has 206 valence electrons. The van der Waals surface area contributed by atoms with Crippen LogP contribution in [0, 0.1) is 11.7 Å². The first-order valence-corrected chi connectivity index (χ1v) is 13.0. The Morgan fingerprint density at radius 2 is 1.92 bits per heavy atom. The Hall–Kier alpha value is -3.73. The Morgan fingerprint density at radius 3 is 2.62 bits per heavy atom. The Morgan fingerprint density at radius 1 is 1.18 bits per heavy atom. The molecule has 1 aliphatic heterocycles. The number of aryl methyl sites for hydroxylation is 1. The van der Waals surface area contributed by atoms with Crippen molar-refractivity contribution in [2.45, 2.75) is 39.3 Å². The van der Waals surface area contributed by atoms with Crippen LogP contribution in [0.4, 0.5) is 9.18 Å². The number of imidazole rings is 1. The van der Waals surface area contributed by atoms with Crippen LogP contribution >= 0.6 is 15.9 Å². The zero-order valence-corrected chi connectivity index (χ0v) is 23.9. The van der Waals surface area contributed by atoms with Crippen molar-refractivity contribution < 1.29 is 33.0 Å². The number of hydrogen-bond donors (Lipinski definition) is 0. The first-order chi connectivity index (χ1) is 18.4. The van der Waals surface area contributed by atoms with Gasteiger partial charge in [-0.2, -0.15) is 0 Å². The first-order valence-electron chi connectivity index (χ1n) is 12.2. The summed E-state index contributed by atoms with van der Waals surface area (Å²) >= 11 is 3.52. The molecule has 2 heterocycles. The quantitative estimate of drug-likeness (QED) is 0.388. The summed E-state index contributed by atoms with van der Waals surface area (Å²) in [6, 6.07) is 7.74. The molecular weight excluding hydrogens is 573 g/mol. The van der Waals surface area contributed by atoms with Crippen molar-refractivity contribution in [3.8, 4) is 5.75 Å². The molecule has 0 radical (unpaired) electrons. The average Bonchev–Trinajstić information content (AvgIpc) is 3.19. The second-order valence-electron chi connectivity index (χ2n) is 10.3. The van der Waals surface area contributed by atoms with Gasteiger partial charge in [0.1, 0.15) is 17.2 Å². The number of benzene rings is 2. The van der Waals surface area contributed by atoms with Crippen molar-refractivity contribution in [2.75, 3.05) is 13.7 Å². The van der Waals surface area contributed by atoms with Crippen molar-refractivity contribution >= 4 is 33.8 Å². The van der Waals surface area contributed by atoms with E-state index in [1.807, 2.05) is 6.07 Å². The highest BCUT2D eigenvalue weighted by molar-refractivity contribution is 9.10. The van der Waals surface area contributed by atoms with Gasteiger partial charge in [-0.15, -0.1) is 4.99 Å². The number of hydrogen-bond acceptors (Lipinski definition) is 6. The number of aromatic nitrogens is 2. The molecule has 1 aliphatic rings. The number of rotatable bonds is 5. The normalized spacial score (nSPS) is 15.5. The van der Waals surface area contributed by atoms with Crippen LogP contribution in [0.25, 0.3) is 0 Å². The zero-order chi connectivity index (χ0) is 28.5. The van der Waals surface area contributed by atoms with Gasteiger partial charge in [-0.1, -0.05) is 6.07 Å². The molecule has 4 rings (SSSR count). The van der Waals surface area contributed by atoms with E-state index in [9.17, 15) is 18.8 Å². The standard InChI is InChI=1S/C28H29BrFN3O6/c1-28(2,3)39-27(36)31-26-32(4)8-9-33(26)14-17-12-20-23(34)18(15-38-24(20)21(29)13-17)10-16-6-7-22(30)19(11-16)25(35)37-5/h6-9,11-13,18H,10,14-15H2,1-5H3/b31-26+/t18-/m0/s1. The topological polar surface area (TPSA) is 101 Å². The van der Waals surface area contributed by atoms with Crippen LogP contribution in [0.1, 0.15) is 52.6 Å². The number of ketones is 1. The van der Waals surface area contributed by atoms with Crippen LogP contribution in [0.5, 0.6) is 5.75 Å². The molecule has 39 heavy (non-hydrogen) atoms. The molecule has 0 aliphatic carbocycles. The molecule has 3 aromatic rings. The van der Waals surface area contributed by atoms with E-state index in [0.29, 0.717) is 33.5 Å².